The third kappa shape index (κ3) is 3.00. The van der Waals surface area contributed by atoms with Crippen LogP contribution in [0.2, 0.25) is 0 Å². The van der Waals surface area contributed by atoms with Crippen LogP contribution in [-0.4, -0.2) is 4.98 Å². The number of hydrogen-bond acceptors (Lipinski definition) is 3. The number of nitrogen functional groups attached to an aromatic ring is 1. The summed E-state index contributed by atoms with van der Waals surface area (Å²) in [5, 5.41) is 3.27. The normalized spacial score (nSPS) is 10.3. The minimum Gasteiger partial charge on any atom is -0.396 e. The van der Waals surface area contributed by atoms with Crippen LogP contribution in [0.5, 0.6) is 0 Å². The molecule has 0 amide bonds. The van der Waals surface area contributed by atoms with Gasteiger partial charge in [-0.05, 0) is 36.6 Å². The lowest BCUT2D eigenvalue weighted by Gasteiger charge is -2.09. The van der Waals surface area contributed by atoms with E-state index in [1.54, 1.807) is 0 Å². The largest absolute Gasteiger partial charge is 0.396 e. The fourth-order valence-electron chi connectivity index (χ4n) is 1.79. The zero-order valence-electron chi connectivity index (χ0n) is 10.9. The van der Waals surface area contributed by atoms with Crippen LogP contribution < -0.4 is 11.1 Å². The Labute approximate surface area is 108 Å². The van der Waals surface area contributed by atoms with E-state index in [9.17, 15) is 0 Å². The Morgan fingerprint density at radius 2 is 1.72 bits per heavy atom. The van der Waals surface area contributed by atoms with Crippen molar-refractivity contribution >= 4 is 11.5 Å². The van der Waals surface area contributed by atoms with Crippen molar-refractivity contribution in [1.29, 1.82) is 0 Å². The van der Waals surface area contributed by atoms with E-state index in [0.29, 0.717) is 5.69 Å². The Bertz CT molecular complexity index is 518. The molecule has 2 aromatic rings. The van der Waals surface area contributed by atoms with Crippen molar-refractivity contribution in [3.63, 3.8) is 0 Å². The molecule has 0 bridgehead atoms. The summed E-state index contributed by atoms with van der Waals surface area (Å²) < 4.78 is 0. The molecule has 1 heterocycles. The van der Waals surface area contributed by atoms with E-state index in [1.807, 2.05) is 19.1 Å². The Balaban J connectivity index is 2.04. The fourth-order valence-corrected chi connectivity index (χ4v) is 1.79. The van der Waals surface area contributed by atoms with Gasteiger partial charge in [0.15, 0.2) is 0 Å². The van der Waals surface area contributed by atoms with E-state index >= 15 is 0 Å². The lowest BCUT2D eigenvalue weighted by molar-refractivity contribution is 1.08. The van der Waals surface area contributed by atoms with E-state index in [0.717, 1.165) is 24.5 Å². The number of aryl methyl sites for hydroxylation is 2. The average Bonchev–Trinajstić information content (AvgIpc) is 2.40. The molecule has 94 valence electrons. The number of hydrogen-bond donors (Lipinski definition) is 2. The number of rotatable bonds is 4. The van der Waals surface area contributed by atoms with E-state index in [1.165, 1.54) is 11.1 Å². The summed E-state index contributed by atoms with van der Waals surface area (Å²) in [5.74, 6) is 0.759. The van der Waals surface area contributed by atoms with Gasteiger partial charge in [0, 0.05) is 12.2 Å². The molecule has 0 atom stereocenters. The first-order valence-electron chi connectivity index (χ1n) is 6.24. The highest BCUT2D eigenvalue weighted by molar-refractivity contribution is 5.61. The molecule has 0 aliphatic heterocycles. The van der Waals surface area contributed by atoms with Crippen LogP contribution in [0.25, 0.3) is 0 Å². The molecule has 0 radical (unpaired) electrons. The van der Waals surface area contributed by atoms with Gasteiger partial charge in [-0.1, -0.05) is 31.2 Å². The number of nitrogens with one attached hydrogen (secondary N) is 1. The van der Waals surface area contributed by atoms with Crippen molar-refractivity contribution in [3.8, 4) is 0 Å². The van der Waals surface area contributed by atoms with Gasteiger partial charge < -0.3 is 11.1 Å². The van der Waals surface area contributed by atoms with Crippen LogP contribution in [0.4, 0.5) is 11.5 Å². The molecule has 2 rings (SSSR count). The topological polar surface area (TPSA) is 50.9 Å². The van der Waals surface area contributed by atoms with Crippen LogP contribution in [0, 0.1) is 6.92 Å². The van der Waals surface area contributed by atoms with Crippen LogP contribution >= 0.6 is 0 Å². The zero-order chi connectivity index (χ0) is 13.0. The number of pyridine rings is 1. The summed E-state index contributed by atoms with van der Waals surface area (Å²) >= 11 is 0. The van der Waals surface area contributed by atoms with Gasteiger partial charge in [-0.15, -0.1) is 0 Å². The van der Waals surface area contributed by atoms with Gasteiger partial charge in [0.1, 0.15) is 5.82 Å². The highest BCUT2D eigenvalue weighted by atomic mass is 15.0. The molecule has 0 unspecified atom stereocenters. The monoisotopic (exact) mass is 241 g/mol. The standard InChI is InChI=1S/C15H19N3/c1-3-12-5-7-13(8-6-12)10-17-15-14(16)9-4-11(2)18-15/h4-9H,3,10,16H2,1-2H3,(H,17,18). The van der Waals surface area contributed by atoms with Crippen molar-refractivity contribution in [1.82, 2.24) is 4.98 Å². The van der Waals surface area contributed by atoms with Gasteiger partial charge in [-0.2, -0.15) is 0 Å². The smallest absolute Gasteiger partial charge is 0.149 e. The van der Waals surface area contributed by atoms with Gasteiger partial charge in [0.05, 0.1) is 5.69 Å². The second-order valence-corrected chi connectivity index (χ2v) is 4.41. The van der Waals surface area contributed by atoms with Gasteiger partial charge in [-0.25, -0.2) is 4.98 Å². The summed E-state index contributed by atoms with van der Waals surface area (Å²) in [6.45, 7) is 4.86. The first kappa shape index (κ1) is 12.4. The molecule has 1 aromatic carbocycles. The first-order valence-corrected chi connectivity index (χ1v) is 6.24. The molecule has 3 heteroatoms. The quantitative estimate of drug-likeness (QED) is 0.864. The minimum absolute atomic E-state index is 0.686. The molecule has 0 fully saturated rings. The molecule has 0 aliphatic rings. The van der Waals surface area contributed by atoms with Crippen molar-refractivity contribution in [2.24, 2.45) is 0 Å². The van der Waals surface area contributed by atoms with Gasteiger partial charge in [-0.3, -0.25) is 0 Å². The third-order valence-electron chi connectivity index (χ3n) is 2.96. The third-order valence-corrected chi connectivity index (χ3v) is 2.96. The molecule has 0 saturated carbocycles. The van der Waals surface area contributed by atoms with Crippen molar-refractivity contribution in [3.05, 3.63) is 53.2 Å². The number of nitrogens with two attached hydrogens (primary N) is 1. The maximum atomic E-state index is 5.87. The van der Waals surface area contributed by atoms with Crippen molar-refractivity contribution < 1.29 is 0 Å². The van der Waals surface area contributed by atoms with Gasteiger partial charge in [0.25, 0.3) is 0 Å². The Morgan fingerprint density at radius 3 is 2.39 bits per heavy atom. The highest BCUT2D eigenvalue weighted by Crippen LogP contribution is 2.16. The molecular formula is C15H19N3. The first-order chi connectivity index (χ1) is 8.69. The van der Waals surface area contributed by atoms with Crippen LogP contribution in [0.15, 0.2) is 36.4 Å². The van der Waals surface area contributed by atoms with Crippen molar-refractivity contribution in [2.45, 2.75) is 26.8 Å². The highest BCUT2D eigenvalue weighted by Gasteiger charge is 2.01. The maximum absolute atomic E-state index is 5.87. The molecule has 0 spiro atoms. The predicted octanol–water partition coefficient (Wildman–Crippen LogP) is 3.15. The Morgan fingerprint density at radius 1 is 1.06 bits per heavy atom. The van der Waals surface area contributed by atoms with E-state index in [-0.39, 0.29) is 0 Å². The molecule has 0 saturated heterocycles. The summed E-state index contributed by atoms with van der Waals surface area (Å²) in [7, 11) is 0. The van der Waals surface area contributed by atoms with E-state index < -0.39 is 0 Å². The molecular weight excluding hydrogens is 222 g/mol. The maximum Gasteiger partial charge on any atom is 0.149 e. The predicted molar refractivity (Wildman–Crippen MR) is 76.5 cm³/mol. The minimum atomic E-state index is 0.686. The fraction of sp³-hybridized carbons (Fsp3) is 0.267. The zero-order valence-corrected chi connectivity index (χ0v) is 10.9. The molecule has 0 aliphatic carbocycles. The van der Waals surface area contributed by atoms with Crippen molar-refractivity contribution in [2.75, 3.05) is 11.1 Å². The summed E-state index contributed by atoms with van der Waals surface area (Å²) in [6, 6.07) is 12.4. The van der Waals surface area contributed by atoms with E-state index in [2.05, 4.69) is 41.5 Å². The lowest BCUT2D eigenvalue weighted by Crippen LogP contribution is -2.05. The average molecular weight is 241 g/mol. The van der Waals surface area contributed by atoms with E-state index in [4.69, 9.17) is 5.73 Å². The lowest BCUT2D eigenvalue weighted by atomic mass is 10.1. The number of aromatic nitrogens is 1. The molecule has 1 aromatic heterocycles. The number of anilines is 2. The Hall–Kier alpha value is -2.03. The summed E-state index contributed by atoms with van der Waals surface area (Å²) in [6.07, 6.45) is 1.07. The summed E-state index contributed by atoms with van der Waals surface area (Å²) in [4.78, 5) is 4.39. The SMILES string of the molecule is CCc1ccc(CNc2nc(C)ccc2N)cc1. The number of nitrogens with zero attached hydrogens (tertiary/aromatic N) is 1. The van der Waals surface area contributed by atoms with Crippen LogP contribution in [0.1, 0.15) is 23.7 Å². The van der Waals surface area contributed by atoms with Gasteiger partial charge in [0.2, 0.25) is 0 Å². The molecule has 3 nitrogen and oxygen atoms in total. The summed E-state index contributed by atoms with van der Waals surface area (Å²) in [5.41, 5.74) is 10.1. The number of benzene rings is 1. The van der Waals surface area contributed by atoms with Gasteiger partial charge >= 0.3 is 0 Å². The Kier molecular flexibility index (Phi) is 3.82. The second-order valence-electron chi connectivity index (χ2n) is 4.41. The van der Waals surface area contributed by atoms with Crippen LogP contribution in [-0.2, 0) is 13.0 Å². The van der Waals surface area contributed by atoms with Crippen LogP contribution in [0.3, 0.4) is 0 Å². The second kappa shape index (κ2) is 5.54. The molecule has 18 heavy (non-hydrogen) atoms. The molecule has 3 N–H and O–H groups in total.